The number of rotatable bonds is 4. The number of fused-ring (bicyclic) bond motifs is 1. The second kappa shape index (κ2) is 6.98. The van der Waals surface area contributed by atoms with Gasteiger partial charge in [-0.05, 0) is 31.2 Å². The molecule has 0 bridgehead atoms. The maximum absolute atomic E-state index is 13.7. The molecule has 5 nitrogen and oxygen atoms in total. The first-order valence-corrected chi connectivity index (χ1v) is 8.13. The molecular weight excluding hydrogens is 364 g/mol. The molecule has 0 atom stereocenters. The van der Waals surface area contributed by atoms with E-state index in [-0.39, 0.29) is 17.2 Å². The van der Waals surface area contributed by atoms with E-state index in [1.54, 1.807) is 14.0 Å². The first-order valence-electron chi connectivity index (χ1n) is 8.13. The van der Waals surface area contributed by atoms with Crippen LogP contribution in [0.3, 0.4) is 0 Å². The summed E-state index contributed by atoms with van der Waals surface area (Å²) in [5, 5.41) is 4.04. The molecule has 2 heterocycles. The maximum atomic E-state index is 13.7. The smallest absolute Gasteiger partial charge is 0.342 e. The summed E-state index contributed by atoms with van der Waals surface area (Å²) >= 11 is 0. The van der Waals surface area contributed by atoms with Gasteiger partial charge >= 0.3 is 6.18 Å². The number of carbonyl (C=O) groups is 1. The largest absolute Gasteiger partial charge is 0.408 e. The van der Waals surface area contributed by atoms with E-state index in [0.717, 1.165) is 4.68 Å². The first kappa shape index (κ1) is 18.8. The fourth-order valence-corrected chi connectivity index (χ4v) is 2.64. The van der Waals surface area contributed by atoms with Crippen LogP contribution in [0.1, 0.15) is 17.3 Å². The van der Waals surface area contributed by atoms with Gasteiger partial charge in [-0.3, -0.25) is 9.48 Å². The van der Waals surface area contributed by atoms with Crippen molar-refractivity contribution < 1.29 is 22.4 Å². The number of halogens is 4. The quantitative estimate of drug-likeness (QED) is 0.646. The monoisotopic (exact) mass is 380 g/mol. The zero-order valence-electron chi connectivity index (χ0n) is 14.6. The Hall–Kier alpha value is -2.97. The van der Waals surface area contributed by atoms with Crippen LogP contribution in [-0.4, -0.2) is 45.3 Å². The number of benzene rings is 1. The van der Waals surface area contributed by atoms with Crippen LogP contribution >= 0.6 is 0 Å². The lowest BCUT2D eigenvalue weighted by Gasteiger charge is -2.16. The predicted octanol–water partition coefficient (Wildman–Crippen LogP) is 3.89. The topological polar surface area (TPSA) is 51.0 Å². The lowest BCUT2D eigenvalue weighted by atomic mass is 10.0. The van der Waals surface area contributed by atoms with Gasteiger partial charge in [0.15, 0.2) is 0 Å². The van der Waals surface area contributed by atoms with Crippen LogP contribution < -0.4 is 0 Å². The normalized spacial score (nSPS) is 11.8. The van der Waals surface area contributed by atoms with Crippen molar-refractivity contribution in [3.63, 3.8) is 0 Å². The lowest BCUT2D eigenvalue weighted by molar-refractivity contribution is -0.142. The number of hydrogen-bond acceptors (Lipinski definition) is 3. The van der Waals surface area contributed by atoms with Gasteiger partial charge in [-0.2, -0.15) is 18.3 Å². The van der Waals surface area contributed by atoms with E-state index in [1.165, 1.54) is 41.6 Å². The molecule has 1 amide bonds. The summed E-state index contributed by atoms with van der Waals surface area (Å²) in [6.07, 6.45) is -1.94. The second-order valence-corrected chi connectivity index (χ2v) is 6.08. The van der Waals surface area contributed by atoms with Gasteiger partial charge in [0.25, 0.3) is 5.91 Å². The van der Waals surface area contributed by atoms with Crippen molar-refractivity contribution in [2.75, 3.05) is 13.6 Å². The Kier molecular flexibility index (Phi) is 4.86. The minimum atomic E-state index is -4.40. The fourth-order valence-electron chi connectivity index (χ4n) is 2.64. The standard InChI is InChI=1S/C18H16F4N4O/c1-3-25(2)17(27)14-7-16(24-15-5-4-12(19)6-13(14)15)11-8-23-26(9-11)10-18(20,21)22/h4-9H,3,10H2,1-2H3. The molecule has 0 unspecified atom stereocenters. The molecule has 0 radical (unpaired) electrons. The molecule has 0 saturated carbocycles. The SMILES string of the molecule is CCN(C)C(=O)c1cc(-c2cnn(CC(F)(F)F)c2)nc2ccc(F)cc12. The third-order valence-corrected chi connectivity index (χ3v) is 4.09. The Labute approximate surface area is 152 Å². The van der Waals surface area contributed by atoms with Gasteiger partial charge in [-0.1, -0.05) is 0 Å². The molecule has 0 aliphatic rings. The third-order valence-electron chi connectivity index (χ3n) is 4.09. The van der Waals surface area contributed by atoms with Crippen LogP contribution in [0, 0.1) is 5.82 Å². The van der Waals surface area contributed by atoms with E-state index in [9.17, 15) is 22.4 Å². The summed E-state index contributed by atoms with van der Waals surface area (Å²) < 4.78 is 52.0. The van der Waals surface area contributed by atoms with E-state index in [4.69, 9.17) is 0 Å². The van der Waals surface area contributed by atoms with Crippen molar-refractivity contribution in [3.05, 3.63) is 48.0 Å². The zero-order chi connectivity index (χ0) is 19.8. The molecule has 1 aromatic carbocycles. The molecule has 0 aliphatic heterocycles. The summed E-state index contributed by atoms with van der Waals surface area (Å²) in [4.78, 5) is 18.5. The van der Waals surface area contributed by atoms with Crippen molar-refractivity contribution in [1.29, 1.82) is 0 Å². The number of alkyl halides is 3. The molecule has 0 aliphatic carbocycles. The Bertz CT molecular complexity index is 997. The van der Waals surface area contributed by atoms with Gasteiger partial charge in [0.05, 0.1) is 23.0 Å². The molecule has 0 saturated heterocycles. The highest BCUT2D eigenvalue weighted by Gasteiger charge is 2.28. The van der Waals surface area contributed by atoms with Crippen LogP contribution in [-0.2, 0) is 6.54 Å². The van der Waals surface area contributed by atoms with E-state index < -0.39 is 18.5 Å². The molecule has 0 fully saturated rings. The maximum Gasteiger partial charge on any atom is 0.408 e. The Morgan fingerprint density at radius 2 is 2.00 bits per heavy atom. The summed E-state index contributed by atoms with van der Waals surface area (Å²) in [5.74, 6) is -0.845. The Morgan fingerprint density at radius 3 is 2.67 bits per heavy atom. The third kappa shape index (κ3) is 4.07. The Balaban J connectivity index is 2.12. The van der Waals surface area contributed by atoms with E-state index in [2.05, 4.69) is 10.1 Å². The number of nitrogens with zero attached hydrogens (tertiary/aromatic N) is 4. The molecule has 0 spiro atoms. The number of pyridine rings is 1. The van der Waals surface area contributed by atoms with E-state index in [0.29, 0.717) is 23.0 Å². The van der Waals surface area contributed by atoms with Crippen molar-refractivity contribution in [2.45, 2.75) is 19.6 Å². The molecule has 3 aromatic rings. The molecule has 27 heavy (non-hydrogen) atoms. The van der Waals surface area contributed by atoms with Gasteiger partial charge in [-0.25, -0.2) is 9.37 Å². The van der Waals surface area contributed by atoms with Gasteiger partial charge in [-0.15, -0.1) is 0 Å². The fraction of sp³-hybridized carbons (Fsp3) is 0.278. The molecule has 142 valence electrons. The number of aromatic nitrogens is 3. The average molecular weight is 380 g/mol. The van der Waals surface area contributed by atoms with Crippen molar-refractivity contribution in [1.82, 2.24) is 19.7 Å². The minimum absolute atomic E-state index is 0.224. The number of amides is 1. The molecule has 9 heteroatoms. The molecule has 3 rings (SSSR count). The molecule has 2 aromatic heterocycles. The van der Waals surface area contributed by atoms with Crippen LogP contribution in [0.5, 0.6) is 0 Å². The van der Waals surface area contributed by atoms with Gasteiger partial charge in [0.1, 0.15) is 12.4 Å². The highest BCUT2D eigenvalue weighted by molar-refractivity contribution is 6.07. The van der Waals surface area contributed by atoms with Crippen molar-refractivity contribution in [2.24, 2.45) is 0 Å². The van der Waals surface area contributed by atoms with E-state index >= 15 is 0 Å². The summed E-state index contributed by atoms with van der Waals surface area (Å²) in [6.45, 7) is 1.01. The second-order valence-electron chi connectivity index (χ2n) is 6.08. The Morgan fingerprint density at radius 1 is 1.26 bits per heavy atom. The van der Waals surface area contributed by atoms with Crippen molar-refractivity contribution in [3.8, 4) is 11.3 Å². The predicted molar refractivity (Wildman–Crippen MR) is 91.6 cm³/mol. The number of carbonyl (C=O) groups excluding carboxylic acids is 1. The van der Waals surface area contributed by atoms with Crippen LogP contribution in [0.4, 0.5) is 17.6 Å². The highest BCUT2D eigenvalue weighted by atomic mass is 19.4. The molecule has 0 N–H and O–H groups in total. The number of hydrogen-bond donors (Lipinski definition) is 0. The van der Waals surface area contributed by atoms with Crippen molar-refractivity contribution >= 4 is 16.8 Å². The molecular formula is C18H16F4N4O. The van der Waals surface area contributed by atoms with Crippen LogP contribution in [0.2, 0.25) is 0 Å². The van der Waals surface area contributed by atoms with Gasteiger partial charge < -0.3 is 4.90 Å². The van der Waals surface area contributed by atoms with Crippen LogP contribution in [0.15, 0.2) is 36.7 Å². The van der Waals surface area contributed by atoms with Gasteiger partial charge in [0.2, 0.25) is 0 Å². The van der Waals surface area contributed by atoms with E-state index in [1.807, 2.05) is 0 Å². The minimum Gasteiger partial charge on any atom is -0.342 e. The summed E-state index contributed by atoms with van der Waals surface area (Å²) in [5.41, 5.74) is 1.21. The summed E-state index contributed by atoms with van der Waals surface area (Å²) in [7, 11) is 1.61. The van der Waals surface area contributed by atoms with Crippen LogP contribution in [0.25, 0.3) is 22.2 Å². The summed E-state index contributed by atoms with van der Waals surface area (Å²) in [6, 6.07) is 5.31. The zero-order valence-corrected chi connectivity index (χ0v) is 14.6. The average Bonchev–Trinajstić information content (AvgIpc) is 3.06. The first-order chi connectivity index (χ1) is 12.7. The lowest BCUT2D eigenvalue weighted by Crippen LogP contribution is -2.26. The highest BCUT2D eigenvalue weighted by Crippen LogP contribution is 2.27. The van der Waals surface area contributed by atoms with Gasteiger partial charge in [0, 0.05) is 30.7 Å².